The molecule has 0 aliphatic carbocycles. The molecule has 1 aliphatic rings. The van der Waals surface area contributed by atoms with Crippen molar-refractivity contribution in [2.24, 2.45) is 0 Å². The summed E-state index contributed by atoms with van der Waals surface area (Å²) in [5.41, 5.74) is -2.53. The topological polar surface area (TPSA) is 195 Å². The average Bonchev–Trinajstić information content (AvgIpc) is 2.81. The average molecular weight is 504 g/mol. The Labute approximate surface area is 199 Å². The van der Waals surface area contributed by atoms with Crippen LogP contribution in [0.1, 0.15) is 13.8 Å². The van der Waals surface area contributed by atoms with E-state index in [0.29, 0.717) is 0 Å². The van der Waals surface area contributed by atoms with Gasteiger partial charge in [-0.15, -0.1) is 0 Å². The maximum Gasteiger partial charge on any atom is 0.344 e. The highest BCUT2D eigenvalue weighted by atomic mass is 16.7. The molecule has 1 saturated heterocycles. The first-order chi connectivity index (χ1) is 17.0. The fourth-order valence-electron chi connectivity index (χ4n) is 4.40. The smallest absolute Gasteiger partial charge is 0.344 e. The summed E-state index contributed by atoms with van der Waals surface area (Å²) in [4.78, 5) is 37.2. The number of aliphatic hydroxyl groups is 2. The normalized spacial score (nSPS) is 24.4. The second-order valence-electron chi connectivity index (χ2n) is 8.32. The number of phenols is 2. The molecular formula is C23H20O13. The molecule has 190 valence electrons. The summed E-state index contributed by atoms with van der Waals surface area (Å²) in [6.07, 6.45) is -7.11. The van der Waals surface area contributed by atoms with Gasteiger partial charge in [-0.2, -0.15) is 0 Å². The van der Waals surface area contributed by atoms with Crippen molar-refractivity contribution in [1.29, 1.82) is 0 Å². The standard InChI is InChI=1S/C23H20O13/c1-6-14(27)15(28)20(33-7(2)24)23(32-6)36-17-11(26)5-9-13-12-8(22(30)35-19(13)17)4-10(25)16(31-3)18(12)34-21(9)29/h4-6,14-15,20,23,25-28H,1-3H3/t6-,14+,15-,20-,23+/m1/s1. The van der Waals surface area contributed by atoms with Crippen LogP contribution in [0.25, 0.3) is 32.7 Å². The van der Waals surface area contributed by atoms with Crippen LogP contribution in [0.4, 0.5) is 0 Å². The second kappa shape index (κ2) is 8.26. The van der Waals surface area contributed by atoms with E-state index in [1.165, 1.54) is 14.0 Å². The molecule has 0 saturated carbocycles. The van der Waals surface area contributed by atoms with Crippen LogP contribution in [0.3, 0.4) is 0 Å². The van der Waals surface area contributed by atoms with E-state index in [9.17, 15) is 34.8 Å². The van der Waals surface area contributed by atoms with Crippen LogP contribution in [0.5, 0.6) is 23.0 Å². The van der Waals surface area contributed by atoms with E-state index in [0.717, 1.165) is 19.1 Å². The summed E-state index contributed by atoms with van der Waals surface area (Å²) in [7, 11) is 1.23. The number of ether oxygens (including phenoxy) is 4. The minimum absolute atomic E-state index is 0.00965. The lowest BCUT2D eigenvalue weighted by Crippen LogP contribution is -2.59. The van der Waals surface area contributed by atoms with Crippen molar-refractivity contribution < 1.29 is 53.0 Å². The molecular weight excluding hydrogens is 484 g/mol. The Hall–Kier alpha value is -4.07. The number of hydrogen-bond acceptors (Lipinski definition) is 13. The van der Waals surface area contributed by atoms with Gasteiger partial charge in [-0.3, -0.25) is 4.79 Å². The first kappa shape index (κ1) is 23.7. The quantitative estimate of drug-likeness (QED) is 0.172. The molecule has 36 heavy (non-hydrogen) atoms. The summed E-state index contributed by atoms with van der Waals surface area (Å²) in [6.45, 7) is 2.51. The molecule has 5 atom stereocenters. The highest BCUT2D eigenvalue weighted by Gasteiger charge is 2.47. The Kier molecular flexibility index (Phi) is 5.43. The molecule has 4 aromatic rings. The van der Waals surface area contributed by atoms with Crippen LogP contribution in [0.15, 0.2) is 30.6 Å². The van der Waals surface area contributed by atoms with E-state index in [-0.39, 0.29) is 38.5 Å². The van der Waals surface area contributed by atoms with Gasteiger partial charge in [0.2, 0.25) is 17.8 Å². The first-order valence-corrected chi connectivity index (χ1v) is 10.7. The maximum atomic E-state index is 12.9. The van der Waals surface area contributed by atoms with E-state index in [2.05, 4.69) is 0 Å². The largest absolute Gasteiger partial charge is 0.504 e. The summed E-state index contributed by atoms with van der Waals surface area (Å²) < 4.78 is 32.2. The van der Waals surface area contributed by atoms with Gasteiger partial charge in [-0.25, -0.2) is 9.59 Å². The zero-order valence-electron chi connectivity index (χ0n) is 19.0. The molecule has 0 spiro atoms. The summed E-state index contributed by atoms with van der Waals surface area (Å²) in [6, 6.07) is 2.10. The summed E-state index contributed by atoms with van der Waals surface area (Å²) in [5, 5.41) is 41.3. The highest BCUT2D eigenvalue weighted by Crippen LogP contribution is 2.46. The van der Waals surface area contributed by atoms with Gasteiger partial charge in [0.05, 0.1) is 24.0 Å². The summed E-state index contributed by atoms with van der Waals surface area (Å²) >= 11 is 0. The van der Waals surface area contributed by atoms with Crippen molar-refractivity contribution in [3.8, 4) is 23.0 Å². The molecule has 2 aromatic carbocycles. The molecule has 0 bridgehead atoms. The van der Waals surface area contributed by atoms with E-state index in [4.69, 9.17) is 27.8 Å². The Morgan fingerprint density at radius 2 is 1.44 bits per heavy atom. The SMILES string of the molecule is COc1c(O)cc2c(=O)oc3c(O[C@@H]4O[C@H](C)[C@H](O)[C@@H](O)[C@H]4OC(C)=O)c(O)cc4c(=O)oc1c2c34. The Morgan fingerprint density at radius 1 is 0.917 bits per heavy atom. The number of carbonyl (C=O) groups excluding carboxylic acids is 1. The van der Waals surface area contributed by atoms with Gasteiger partial charge < -0.3 is 48.2 Å². The fourth-order valence-corrected chi connectivity index (χ4v) is 4.40. The molecule has 13 heteroatoms. The van der Waals surface area contributed by atoms with E-state index in [1.54, 1.807) is 0 Å². The molecule has 0 unspecified atom stereocenters. The predicted molar refractivity (Wildman–Crippen MR) is 120 cm³/mol. The third-order valence-corrected chi connectivity index (χ3v) is 6.04. The molecule has 0 amide bonds. The summed E-state index contributed by atoms with van der Waals surface area (Å²) in [5.74, 6) is -2.63. The number of aromatic hydroxyl groups is 2. The lowest BCUT2D eigenvalue weighted by atomic mass is 9.99. The van der Waals surface area contributed by atoms with Crippen molar-refractivity contribution in [3.05, 3.63) is 33.0 Å². The molecule has 13 nitrogen and oxygen atoms in total. The highest BCUT2D eigenvalue weighted by molar-refractivity contribution is 6.22. The van der Waals surface area contributed by atoms with Gasteiger partial charge in [0.25, 0.3) is 0 Å². The first-order valence-electron chi connectivity index (χ1n) is 10.7. The fraction of sp³-hybridized carbons (Fsp3) is 0.348. The number of carbonyl (C=O) groups is 1. The number of methoxy groups -OCH3 is 1. The van der Waals surface area contributed by atoms with Crippen molar-refractivity contribution in [2.45, 2.75) is 44.6 Å². The van der Waals surface area contributed by atoms with Crippen LogP contribution in [-0.4, -0.2) is 64.2 Å². The van der Waals surface area contributed by atoms with Gasteiger partial charge >= 0.3 is 17.2 Å². The minimum Gasteiger partial charge on any atom is -0.504 e. The number of phenolic OH excluding ortho intramolecular Hbond substituents is 2. The predicted octanol–water partition coefficient (Wildman–Crippen LogP) is 0.687. The zero-order chi connectivity index (χ0) is 26.0. The van der Waals surface area contributed by atoms with Crippen molar-refractivity contribution >= 4 is 38.7 Å². The minimum atomic E-state index is -1.61. The van der Waals surface area contributed by atoms with Gasteiger partial charge in [-0.05, 0) is 19.1 Å². The van der Waals surface area contributed by atoms with Crippen LogP contribution in [-0.2, 0) is 14.3 Å². The molecule has 2 aromatic heterocycles. The van der Waals surface area contributed by atoms with Gasteiger partial charge in [0.15, 0.2) is 28.8 Å². The number of benzene rings is 2. The van der Waals surface area contributed by atoms with Crippen LogP contribution < -0.4 is 20.7 Å². The Morgan fingerprint density at radius 3 is 1.97 bits per heavy atom. The lowest BCUT2D eigenvalue weighted by Gasteiger charge is -2.40. The van der Waals surface area contributed by atoms with Crippen LogP contribution >= 0.6 is 0 Å². The Balaban J connectivity index is 1.78. The number of aliphatic hydroxyl groups excluding tert-OH is 2. The third-order valence-electron chi connectivity index (χ3n) is 6.04. The monoisotopic (exact) mass is 504 g/mol. The van der Waals surface area contributed by atoms with Crippen molar-refractivity contribution in [3.63, 3.8) is 0 Å². The van der Waals surface area contributed by atoms with Crippen molar-refractivity contribution in [1.82, 2.24) is 0 Å². The van der Waals surface area contributed by atoms with Crippen LogP contribution in [0.2, 0.25) is 0 Å². The maximum absolute atomic E-state index is 12.9. The number of hydrogen-bond donors (Lipinski definition) is 4. The second-order valence-corrected chi connectivity index (χ2v) is 8.32. The van der Waals surface area contributed by atoms with E-state index < -0.39 is 65.2 Å². The molecule has 1 aliphatic heterocycles. The number of rotatable bonds is 4. The number of esters is 1. The van der Waals surface area contributed by atoms with Gasteiger partial charge in [0, 0.05) is 17.7 Å². The molecule has 5 rings (SSSR count). The van der Waals surface area contributed by atoms with E-state index in [1.807, 2.05) is 0 Å². The molecule has 1 fully saturated rings. The Bertz CT molecular complexity index is 1620. The lowest BCUT2D eigenvalue weighted by molar-refractivity contribution is -0.273. The van der Waals surface area contributed by atoms with Gasteiger partial charge in [-0.1, -0.05) is 0 Å². The van der Waals surface area contributed by atoms with Crippen LogP contribution in [0, 0.1) is 0 Å². The van der Waals surface area contributed by atoms with Crippen molar-refractivity contribution in [2.75, 3.05) is 7.11 Å². The van der Waals surface area contributed by atoms with E-state index >= 15 is 0 Å². The molecule has 0 radical (unpaired) electrons. The third kappa shape index (κ3) is 3.39. The zero-order valence-corrected chi connectivity index (χ0v) is 19.0. The molecule has 4 N–H and O–H groups in total. The van der Waals surface area contributed by atoms with Gasteiger partial charge in [0.1, 0.15) is 12.2 Å². The molecule has 3 heterocycles.